The van der Waals surface area contributed by atoms with Gasteiger partial charge in [0.15, 0.2) is 0 Å². The van der Waals surface area contributed by atoms with Crippen molar-refractivity contribution in [3.8, 4) is 10.9 Å². The van der Waals surface area contributed by atoms with E-state index in [2.05, 4.69) is 15.4 Å². The van der Waals surface area contributed by atoms with Crippen LogP contribution in [0.25, 0.3) is 5.13 Å². The molecule has 0 aliphatic carbocycles. The molecule has 3 heterocycles. The predicted octanol–water partition coefficient (Wildman–Crippen LogP) is 2.67. The Kier molecular flexibility index (Phi) is 6.03. The number of hydrogen-bond donors (Lipinski definition) is 1. The number of carbonyl (C=O) groups is 2. The van der Waals surface area contributed by atoms with E-state index in [1.165, 1.54) is 11.3 Å². The van der Waals surface area contributed by atoms with E-state index >= 15 is 0 Å². The molecule has 0 spiro atoms. The number of rotatable bonds is 7. The van der Waals surface area contributed by atoms with Crippen LogP contribution in [0.4, 0.5) is 5.69 Å². The maximum absolute atomic E-state index is 12.6. The Morgan fingerprint density at radius 2 is 2.16 bits per heavy atom. The lowest BCUT2D eigenvalue weighted by molar-refractivity contribution is -0.126. The van der Waals surface area contributed by atoms with Crippen molar-refractivity contribution in [2.45, 2.75) is 26.7 Å². The number of aromatic nitrogens is 3. The van der Waals surface area contributed by atoms with Gasteiger partial charge in [-0.05, 0) is 32.0 Å². The van der Waals surface area contributed by atoms with Crippen LogP contribution in [-0.4, -0.2) is 46.8 Å². The van der Waals surface area contributed by atoms with E-state index in [0.29, 0.717) is 25.3 Å². The van der Waals surface area contributed by atoms with Crippen LogP contribution in [0.1, 0.15) is 23.5 Å². The number of nitrogens with one attached hydrogen (secondary N) is 1. The summed E-state index contributed by atoms with van der Waals surface area (Å²) in [5.74, 6) is 0.163. The summed E-state index contributed by atoms with van der Waals surface area (Å²) in [5.41, 5.74) is 3.65. The summed E-state index contributed by atoms with van der Waals surface area (Å²) in [6.07, 6.45) is 0.837. The Labute approximate surface area is 184 Å². The second-order valence-corrected chi connectivity index (χ2v) is 8.44. The quantitative estimate of drug-likeness (QED) is 0.611. The highest BCUT2D eigenvalue weighted by atomic mass is 32.1. The number of methoxy groups -OCH3 is 1. The first-order valence-electron chi connectivity index (χ1n) is 10.1. The topological polar surface area (TPSA) is 89.3 Å². The number of thiazole rings is 1. The van der Waals surface area contributed by atoms with Gasteiger partial charge in [0.25, 0.3) is 0 Å². The van der Waals surface area contributed by atoms with E-state index in [9.17, 15) is 9.59 Å². The lowest BCUT2D eigenvalue weighted by Crippen LogP contribution is -2.34. The first-order chi connectivity index (χ1) is 14.9. The van der Waals surface area contributed by atoms with Gasteiger partial charge >= 0.3 is 0 Å². The van der Waals surface area contributed by atoms with Crippen molar-refractivity contribution in [1.82, 2.24) is 20.1 Å². The van der Waals surface area contributed by atoms with Gasteiger partial charge in [0, 0.05) is 48.8 Å². The highest BCUT2D eigenvalue weighted by Gasteiger charge is 2.35. The lowest BCUT2D eigenvalue weighted by atomic mass is 10.1. The maximum Gasteiger partial charge on any atom is 0.227 e. The zero-order valence-corrected chi connectivity index (χ0v) is 18.6. The molecule has 8 nitrogen and oxygen atoms in total. The first-order valence-corrected chi connectivity index (χ1v) is 11.0. The second kappa shape index (κ2) is 8.89. The molecule has 1 aromatic carbocycles. The standard InChI is InChI=1S/C22H25N5O3S/c1-14-9-15(2)27(25-14)22-24-17(13-31-22)7-8-23-21(29)16-10-20(28)26(12-16)18-5-4-6-19(11-18)30-3/h4-6,9,11,13,16H,7-8,10,12H2,1-3H3,(H,23,29)/t16-/m0/s1. The molecular formula is C22H25N5O3S. The number of aryl methyl sites for hydroxylation is 2. The molecule has 1 aliphatic rings. The number of anilines is 1. The van der Waals surface area contributed by atoms with Crippen LogP contribution in [0.15, 0.2) is 35.7 Å². The number of nitrogens with zero attached hydrogens (tertiary/aromatic N) is 4. The smallest absolute Gasteiger partial charge is 0.227 e. The van der Waals surface area contributed by atoms with Gasteiger partial charge in [-0.2, -0.15) is 5.10 Å². The van der Waals surface area contributed by atoms with E-state index in [1.54, 1.807) is 18.1 Å². The van der Waals surface area contributed by atoms with Crippen molar-refractivity contribution in [2.75, 3.05) is 25.1 Å². The monoisotopic (exact) mass is 439 g/mol. The van der Waals surface area contributed by atoms with Crippen molar-refractivity contribution >= 4 is 28.8 Å². The molecule has 9 heteroatoms. The SMILES string of the molecule is COc1cccc(N2C[C@@H](C(=O)NCCc3csc(-n4nc(C)cc4C)n3)CC2=O)c1. The molecule has 1 atom stereocenters. The molecule has 1 fully saturated rings. The zero-order valence-electron chi connectivity index (χ0n) is 17.8. The van der Waals surface area contributed by atoms with Gasteiger partial charge in [-0.15, -0.1) is 11.3 Å². The minimum atomic E-state index is -0.362. The Balaban J connectivity index is 1.30. The van der Waals surface area contributed by atoms with Gasteiger partial charge in [-0.1, -0.05) is 6.07 Å². The van der Waals surface area contributed by atoms with Crippen molar-refractivity contribution in [1.29, 1.82) is 0 Å². The second-order valence-electron chi connectivity index (χ2n) is 7.61. The van der Waals surface area contributed by atoms with Gasteiger partial charge in [-0.25, -0.2) is 9.67 Å². The summed E-state index contributed by atoms with van der Waals surface area (Å²) < 4.78 is 7.06. The van der Waals surface area contributed by atoms with Crippen LogP contribution in [-0.2, 0) is 16.0 Å². The van der Waals surface area contributed by atoms with Crippen LogP contribution in [0, 0.1) is 19.8 Å². The maximum atomic E-state index is 12.6. The zero-order chi connectivity index (χ0) is 22.0. The number of hydrogen-bond acceptors (Lipinski definition) is 6. The predicted molar refractivity (Wildman–Crippen MR) is 119 cm³/mol. The molecule has 2 aromatic heterocycles. The number of ether oxygens (including phenoxy) is 1. The third kappa shape index (κ3) is 4.61. The fourth-order valence-corrected chi connectivity index (χ4v) is 4.57. The summed E-state index contributed by atoms with van der Waals surface area (Å²) in [4.78, 5) is 31.3. The Bertz CT molecular complexity index is 1110. The van der Waals surface area contributed by atoms with E-state index in [1.807, 2.05) is 48.2 Å². The van der Waals surface area contributed by atoms with Gasteiger partial charge in [0.05, 0.1) is 24.4 Å². The molecule has 1 aliphatic heterocycles. The molecule has 0 radical (unpaired) electrons. The van der Waals surface area contributed by atoms with Gasteiger partial charge in [0.1, 0.15) is 5.75 Å². The minimum absolute atomic E-state index is 0.0533. The highest BCUT2D eigenvalue weighted by molar-refractivity contribution is 7.12. The number of amides is 2. The van der Waals surface area contributed by atoms with Crippen molar-refractivity contribution in [3.05, 3.63) is 52.8 Å². The highest BCUT2D eigenvalue weighted by Crippen LogP contribution is 2.28. The average Bonchev–Trinajstić information content (AvgIpc) is 3.46. The Morgan fingerprint density at radius 3 is 2.90 bits per heavy atom. The third-order valence-electron chi connectivity index (χ3n) is 5.27. The minimum Gasteiger partial charge on any atom is -0.497 e. The summed E-state index contributed by atoms with van der Waals surface area (Å²) in [7, 11) is 1.59. The van der Waals surface area contributed by atoms with Crippen LogP contribution in [0.5, 0.6) is 5.75 Å². The Morgan fingerprint density at radius 1 is 1.32 bits per heavy atom. The van der Waals surface area contributed by atoms with Gasteiger partial charge < -0.3 is 15.0 Å². The van der Waals surface area contributed by atoms with Crippen LogP contribution in [0.2, 0.25) is 0 Å². The van der Waals surface area contributed by atoms with E-state index in [0.717, 1.165) is 27.9 Å². The molecule has 0 unspecified atom stereocenters. The molecule has 1 N–H and O–H groups in total. The largest absolute Gasteiger partial charge is 0.497 e. The van der Waals surface area contributed by atoms with Crippen molar-refractivity contribution in [2.24, 2.45) is 5.92 Å². The molecule has 4 rings (SSSR count). The number of benzene rings is 1. The molecule has 162 valence electrons. The summed E-state index contributed by atoms with van der Waals surface area (Å²) >= 11 is 1.53. The Hall–Kier alpha value is -3.20. The van der Waals surface area contributed by atoms with E-state index < -0.39 is 0 Å². The molecule has 0 saturated carbocycles. The van der Waals surface area contributed by atoms with E-state index in [-0.39, 0.29) is 24.2 Å². The van der Waals surface area contributed by atoms with Crippen molar-refractivity contribution < 1.29 is 14.3 Å². The van der Waals surface area contributed by atoms with Crippen molar-refractivity contribution in [3.63, 3.8) is 0 Å². The van der Waals surface area contributed by atoms with Crippen LogP contribution >= 0.6 is 11.3 Å². The lowest BCUT2D eigenvalue weighted by Gasteiger charge is -2.17. The summed E-state index contributed by atoms with van der Waals surface area (Å²) in [6, 6.07) is 9.33. The normalized spacial score (nSPS) is 16.0. The first kappa shape index (κ1) is 21.0. The third-order valence-corrected chi connectivity index (χ3v) is 6.14. The van der Waals surface area contributed by atoms with Crippen LogP contribution < -0.4 is 15.0 Å². The molecular weight excluding hydrogens is 414 g/mol. The number of carbonyl (C=O) groups excluding carboxylic acids is 2. The van der Waals surface area contributed by atoms with Crippen LogP contribution in [0.3, 0.4) is 0 Å². The van der Waals surface area contributed by atoms with Gasteiger partial charge in [0.2, 0.25) is 16.9 Å². The fourth-order valence-electron chi connectivity index (χ4n) is 3.70. The molecule has 1 saturated heterocycles. The molecule has 3 aromatic rings. The molecule has 2 amide bonds. The molecule has 0 bridgehead atoms. The summed E-state index contributed by atoms with van der Waals surface area (Å²) in [5, 5.41) is 10.2. The van der Waals surface area contributed by atoms with Gasteiger partial charge in [-0.3, -0.25) is 9.59 Å². The van der Waals surface area contributed by atoms with E-state index in [4.69, 9.17) is 4.74 Å². The summed E-state index contributed by atoms with van der Waals surface area (Å²) in [6.45, 7) is 4.80. The fraction of sp³-hybridized carbons (Fsp3) is 0.364. The molecule has 31 heavy (non-hydrogen) atoms. The average molecular weight is 440 g/mol.